The number of alkyl halides is 3. The summed E-state index contributed by atoms with van der Waals surface area (Å²) in [6.45, 7) is 6.11. The van der Waals surface area contributed by atoms with Crippen LogP contribution in [0.15, 0.2) is 42.6 Å². The van der Waals surface area contributed by atoms with E-state index < -0.39 is 21.6 Å². The normalized spacial score (nSPS) is 17.7. The molecule has 2 aliphatic heterocycles. The number of rotatable bonds is 4. The highest BCUT2D eigenvalue weighted by molar-refractivity contribution is 7.91. The van der Waals surface area contributed by atoms with Crippen molar-refractivity contribution in [3.63, 3.8) is 0 Å². The van der Waals surface area contributed by atoms with Crippen molar-refractivity contribution in [1.29, 1.82) is 0 Å². The van der Waals surface area contributed by atoms with Gasteiger partial charge in [-0.05, 0) is 55.8 Å². The highest BCUT2D eigenvalue weighted by Gasteiger charge is 2.33. The van der Waals surface area contributed by atoms with Gasteiger partial charge in [-0.3, -0.25) is 14.4 Å². The summed E-state index contributed by atoms with van der Waals surface area (Å²) in [5.74, 6) is 0.475. The Morgan fingerprint density at radius 3 is 2.44 bits per heavy atom. The van der Waals surface area contributed by atoms with Gasteiger partial charge in [0.2, 0.25) is 0 Å². The Labute approximate surface area is 234 Å². The number of hydrogen-bond donors (Lipinski definition) is 0. The van der Waals surface area contributed by atoms with E-state index in [2.05, 4.69) is 20.0 Å². The number of hydrogen-bond acceptors (Lipinski definition) is 7. The minimum atomic E-state index is -4.44. The second-order valence-electron chi connectivity index (χ2n) is 10.5. The molecule has 1 fully saturated rings. The van der Waals surface area contributed by atoms with E-state index in [1.807, 2.05) is 26.0 Å². The molecule has 13 heteroatoms. The number of aryl methyl sites for hydroxylation is 1. The van der Waals surface area contributed by atoms with Crippen LogP contribution in [-0.2, 0) is 29.1 Å². The van der Waals surface area contributed by atoms with Gasteiger partial charge in [0, 0.05) is 54.6 Å². The van der Waals surface area contributed by atoms with Gasteiger partial charge in [-0.1, -0.05) is 0 Å². The molecule has 6 rings (SSSR count). The molecule has 0 saturated carbocycles. The zero-order valence-corrected chi connectivity index (χ0v) is 23.3. The largest absolute Gasteiger partial charge is 0.416 e. The van der Waals surface area contributed by atoms with Crippen molar-refractivity contribution in [2.45, 2.75) is 33.1 Å². The molecule has 1 amide bonds. The molecule has 0 N–H and O–H groups in total. The van der Waals surface area contributed by atoms with Crippen molar-refractivity contribution in [3.05, 3.63) is 70.7 Å². The van der Waals surface area contributed by atoms with E-state index in [1.54, 1.807) is 15.6 Å². The number of anilines is 1. The predicted octanol–water partition coefficient (Wildman–Crippen LogP) is 4.02. The lowest BCUT2D eigenvalue weighted by Gasteiger charge is -2.29. The number of fused-ring (bicyclic) bond motifs is 2. The Hall–Kier alpha value is -3.84. The van der Waals surface area contributed by atoms with E-state index in [-0.39, 0.29) is 17.4 Å². The van der Waals surface area contributed by atoms with E-state index in [0.29, 0.717) is 60.7 Å². The molecule has 41 heavy (non-hydrogen) atoms. The van der Waals surface area contributed by atoms with Crippen LogP contribution in [0.1, 0.15) is 32.9 Å². The molecule has 0 bridgehead atoms. The first-order valence-electron chi connectivity index (χ1n) is 13.2. The lowest BCUT2D eigenvalue weighted by atomic mass is 10.1. The second kappa shape index (κ2) is 9.91. The van der Waals surface area contributed by atoms with Crippen molar-refractivity contribution in [2.75, 3.05) is 36.0 Å². The van der Waals surface area contributed by atoms with Gasteiger partial charge in [0.15, 0.2) is 15.7 Å². The van der Waals surface area contributed by atoms with Gasteiger partial charge >= 0.3 is 6.18 Å². The number of amides is 1. The van der Waals surface area contributed by atoms with Gasteiger partial charge < -0.3 is 4.90 Å². The maximum absolute atomic E-state index is 13.6. The fourth-order valence-corrected chi connectivity index (χ4v) is 6.68. The van der Waals surface area contributed by atoms with Crippen LogP contribution in [-0.4, -0.2) is 70.1 Å². The second-order valence-corrected chi connectivity index (χ2v) is 12.8. The van der Waals surface area contributed by atoms with E-state index in [1.165, 1.54) is 12.3 Å². The Morgan fingerprint density at radius 1 is 0.976 bits per heavy atom. The Kier molecular flexibility index (Phi) is 6.61. The van der Waals surface area contributed by atoms with Gasteiger partial charge in [-0.15, -0.1) is 0 Å². The van der Waals surface area contributed by atoms with Gasteiger partial charge in [-0.25, -0.2) is 18.4 Å². The molecule has 9 nitrogen and oxygen atoms in total. The SMILES string of the molecule is Cc1cc(-c2ncc3cc(C(F)(F)F)ccc3n2)ccc1N1CCn2nc(CN3CCS(=O)(=O)CC3)c(C)c2C1=O. The average Bonchev–Trinajstić information content (AvgIpc) is 3.24. The lowest BCUT2D eigenvalue weighted by molar-refractivity contribution is -0.137. The molecule has 0 atom stereocenters. The highest BCUT2D eigenvalue weighted by atomic mass is 32.2. The van der Waals surface area contributed by atoms with Crippen LogP contribution in [0.2, 0.25) is 0 Å². The maximum atomic E-state index is 13.6. The van der Waals surface area contributed by atoms with Gasteiger partial charge in [0.25, 0.3) is 5.91 Å². The Balaban J connectivity index is 1.23. The van der Waals surface area contributed by atoms with E-state index >= 15 is 0 Å². The fraction of sp³-hybridized carbons (Fsp3) is 0.357. The van der Waals surface area contributed by atoms with Crippen LogP contribution in [0.4, 0.5) is 18.9 Å². The van der Waals surface area contributed by atoms with Gasteiger partial charge in [-0.2, -0.15) is 18.3 Å². The molecule has 2 aromatic carbocycles. The predicted molar refractivity (Wildman–Crippen MR) is 147 cm³/mol. The first kappa shape index (κ1) is 27.3. The third-order valence-corrected chi connectivity index (χ3v) is 9.34. The number of sulfone groups is 1. The zero-order chi connectivity index (χ0) is 29.1. The molecule has 214 valence electrons. The van der Waals surface area contributed by atoms with Crippen molar-refractivity contribution < 1.29 is 26.4 Å². The third kappa shape index (κ3) is 5.19. The van der Waals surface area contributed by atoms with Crippen molar-refractivity contribution in [1.82, 2.24) is 24.6 Å². The first-order chi connectivity index (χ1) is 19.4. The summed E-state index contributed by atoms with van der Waals surface area (Å²) in [6.07, 6.45) is -3.06. The summed E-state index contributed by atoms with van der Waals surface area (Å²) >= 11 is 0. The quantitative estimate of drug-likeness (QED) is 0.357. The van der Waals surface area contributed by atoms with E-state index in [9.17, 15) is 26.4 Å². The maximum Gasteiger partial charge on any atom is 0.416 e. The molecule has 0 unspecified atom stereocenters. The van der Waals surface area contributed by atoms with E-state index in [4.69, 9.17) is 0 Å². The van der Waals surface area contributed by atoms with Crippen LogP contribution < -0.4 is 4.90 Å². The molecule has 4 aromatic rings. The number of halogens is 3. The summed E-state index contributed by atoms with van der Waals surface area (Å²) < 4.78 is 64.4. The number of carbonyl (C=O) groups is 1. The van der Waals surface area contributed by atoms with Crippen LogP contribution in [0, 0.1) is 13.8 Å². The van der Waals surface area contributed by atoms with Gasteiger partial charge in [0.05, 0.1) is 34.8 Å². The smallest absolute Gasteiger partial charge is 0.305 e. The zero-order valence-electron chi connectivity index (χ0n) is 22.4. The number of nitrogens with zero attached hydrogens (tertiary/aromatic N) is 6. The molecular formula is C28H27F3N6O3S. The van der Waals surface area contributed by atoms with Crippen LogP contribution >= 0.6 is 0 Å². The number of carbonyl (C=O) groups excluding carboxylic acids is 1. The summed E-state index contributed by atoms with van der Waals surface area (Å²) in [4.78, 5) is 26.2. The standard InChI is InChI=1S/C28H27F3N6O3S/c1-17-13-19(26-32-15-20-14-21(28(29,30)31)4-5-22(20)33-26)3-6-24(17)36-7-8-37-25(27(36)38)18(2)23(34-37)16-35-9-11-41(39,40)12-10-35/h3-6,13-15H,7-12,16H2,1-2H3. The molecule has 2 aromatic heterocycles. The topological polar surface area (TPSA) is 101 Å². The van der Waals surface area contributed by atoms with Gasteiger partial charge in [0.1, 0.15) is 5.69 Å². The first-order valence-corrected chi connectivity index (χ1v) is 15.0. The Morgan fingerprint density at radius 2 is 1.73 bits per heavy atom. The van der Waals surface area contributed by atoms with Crippen molar-refractivity contribution in [2.24, 2.45) is 0 Å². The monoisotopic (exact) mass is 584 g/mol. The van der Waals surface area contributed by atoms with Crippen molar-refractivity contribution >= 4 is 32.3 Å². The Bertz CT molecular complexity index is 1790. The highest BCUT2D eigenvalue weighted by Crippen LogP contribution is 2.33. The van der Waals surface area contributed by atoms with E-state index in [0.717, 1.165) is 34.6 Å². The lowest BCUT2D eigenvalue weighted by Crippen LogP contribution is -2.41. The number of aromatic nitrogens is 4. The van der Waals surface area contributed by atoms with Crippen LogP contribution in [0.3, 0.4) is 0 Å². The fourth-order valence-electron chi connectivity index (χ4n) is 5.40. The molecule has 0 spiro atoms. The molecule has 0 aliphatic carbocycles. The number of benzene rings is 2. The van der Waals surface area contributed by atoms with Crippen LogP contribution in [0.5, 0.6) is 0 Å². The molecule has 0 radical (unpaired) electrons. The molecule has 2 aliphatic rings. The molecule has 4 heterocycles. The summed E-state index contributed by atoms with van der Waals surface area (Å²) in [5.41, 5.74) is 3.99. The summed E-state index contributed by atoms with van der Waals surface area (Å²) in [7, 11) is -2.98. The summed E-state index contributed by atoms with van der Waals surface area (Å²) in [5, 5.41) is 4.98. The third-order valence-electron chi connectivity index (χ3n) is 7.73. The average molecular weight is 585 g/mol. The van der Waals surface area contributed by atoms with Crippen LogP contribution in [0.25, 0.3) is 22.3 Å². The minimum Gasteiger partial charge on any atom is -0.305 e. The molecule has 1 saturated heterocycles. The van der Waals surface area contributed by atoms with Crippen molar-refractivity contribution in [3.8, 4) is 11.4 Å². The minimum absolute atomic E-state index is 0.130. The molecular weight excluding hydrogens is 557 g/mol. The summed E-state index contributed by atoms with van der Waals surface area (Å²) in [6, 6.07) is 8.87.